The lowest BCUT2D eigenvalue weighted by atomic mass is 9.99. The molecule has 1 saturated heterocycles. The molecular weight excluding hydrogens is 512 g/mol. The van der Waals surface area contributed by atoms with E-state index in [9.17, 15) is 40.2 Å². The van der Waals surface area contributed by atoms with Crippen molar-refractivity contribution < 1.29 is 54.4 Å². The third-order valence-electron chi connectivity index (χ3n) is 6.24. The Hall–Kier alpha value is -4.16. The summed E-state index contributed by atoms with van der Waals surface area (Å²) in [6.45, 7) is -0.511. The molecule has 1 fully saturated rings. The SMILES string of the molecule is O=C(OCC1OC(Oc2cc(O)ccc2C(=O)CCc2ccc(O)cc2)C(O)C(O)C1O)c1ccc(O)cc1. The van der Waals surface area contributed by atoms with Gasteiger partial charge in [0, 0.05) is 12.5 Å². The van der Waals surface area contributed by atoms with Crippen LogP contribution in [0.3, 0.4) is 0 Å². The quantitative estimate of drug-likeness (QED) is 0.171. The Labute approximate surface area is 223 Å². The van der Waals surface area contributed by atoms with Gasteiger partial charge in [-0.05, 0) is 60.5 Å². The minimum absolute atomic E-state index is 0.0418. The van der Waals surface area contributed by atoms with Gasteiger partial charge >= 0.3 is 5.97 Å². The van der Waals surface area contributed by atoms with Crippen LogP contribution in [0.5, 0.6) is 23.0 Å². The van der Waals surface area contributed by atoms with Crippen molar-refractivity contribution in [1.82, 2.24) is 0 Å². The van der Waals surface area contributed by atoms with Crippen molar-refractivity contribution in [3.63, 3.8) is 0 Å². The lowest BCUT2D eigenvalue weighted by molar-refractivity contribution is -0.277. The molecule has 0 saturated carbocycles. The molecule has 39 heavy (non-hydrogen) atoms. The first-order chi connectivity index (χ1) is 18.6. The van der Waals surface area contributed by atoms with Crippen molar-refractivity contribution in [1.29, 1.82) is 0 Å². The maximum absolute atomic E-state index is 13.0. The van der Waals surface area contributed by atoms with E-state index in [0.717, 1.165) is 11.6 Å². The third-order valence-corrected chi connectivity index (χ3v) is 6.24. The van der Waals surface area contributed by atoms with Crippen LogP contribution in [0.2, 0.25) is 0 Å². The predicted molar refractivity (Wildman–Crippen MR) is 135 cm³/mol. The third kappa shape index (κ3) is 6.84. The van der Waals surface area contributed by atoms with E-state index >= 15 is 0 Å². The lowest BCUT2D eigenvalue weighted by Crippen LogP contribution is -2.60. The Balaban J connectivity index is 1.45. The first kappa shape index (κ1) is 27.9. The van der Waals surface area contributed by atoms with E-state index in [4.69, 9.17) is 14.2 Å². The number of aliphatic hydroxyl groups is 3. The van der Waals surface area contributed by atoms with Crippen LogP contribution in [0.1, 0.15) is 32.7 Å². The summed E-state index contributed by atoms with van der Waals surface area (Å²) in [6, 6.07) is 15.4. The number of ether oxygens (including phenoxy) is 3. The summed E-state index contributed by atoms with van der Waals surface area (Å²) < 4.78 is 16.4. The fourth-order valence-corrected chi connectivity index (χ4v) is 4.01. The second-order valence-electron chi connectivity index (χ2n) is 9.05. The number of hydrogen-bond donors (Lipinski definition) is 6. The van der Waals surface area contributed by atoms with Crippen molar-refractivity contribution in [3.8, 4) is 23.0 Å². The van der Waals surface area contributed by atoms with Gasteiger partial charge in [0.1, 0.15) is 54.0 Å². The minimum Gasteiger partial charge on any atom is -0.508 e. The van der Waals surface area contributed by atoms with Crippen LogP contribution in [0.25, 0.3) is 0 Å². The number of esters is 1. The van der Waals surface area contributed by atoms with Crippen LogP contribution < -0.4 is 4.74 Å². The smallest absolute Gasteiger partial charge is 0.338 e. The van der Waals surface area contributed by atoms with Gasteiger partial charge in [-0.2, -0.15) is 0 Å². The maximum atomic E-state index is 13.0. The van der Waals surface area contributed by atoms with Gasteiger partial charge in [-0.3, -0.25) is 4.79 Å². The van der Waals surface area contributed by atoms with Crippen molar-refractivity contribution in [2.75, 3.05) is 6.61 Å². The number of phenolic OH excluding ortho intramolecular Hbond substituents is 3. The molecule has 1 heterocycles. The summed E-state index contributed by atoms with van der Waals surface area (Å²) >= 11 is 0. The summed E-state index contributed by atoms with van der Waals surface area (Å²) in [5, 5.41) is 60.0. The minimum atomic E-state index is -1.74. The molecule has 1 aliphatic heterocycles. The van der Waals surface area contributed by atoms with Crippen LogP contribution >= 0.6 is 0 Å². The van der Waals surface area contributed by atoms with Gasteiger partial charge in [-0.25, -0.2) is 4.79 Å². The highest BCUT2D eigenvalue weighted by atomic mass is 16.7. The number of ketones is 1. The molecule has 0 aromatic heterocycles. The van der Waals surface area contributed by atoms with Gasteiger partial charge < -0.3 is 44.8 Å². The topological polar surface area (TPSA) is 183 Å². The van der Waals surface area contributed by atoms with E-state index in [1.54, 1.807) is 12.1 Å². The first-order valence-electron chi connectivity index (χ1n) is 12.1. The highest BCUT2D eigenvalue weighted by Crippen LogP contribution is 2.30. The van der Waals surface area contributed by atoms with Crippen molar-refractivity contribution in [3.05, 3.63) is 83.4 Å². The summed E-state index contributed by atoms with van der Waals surface area (Å²) in [4.78, 5) is 25.3. The molecule has 11 nitrogen and oxygen atoms in total. The molecule has 5 unspecified atom stereocenters. The molecule has 4 rings (SSSR count). The number of aliphatic hydroxyl groups excluding tert-OH is 3. The molecule has 0 amide bonds. The average molecular weight is 541 g/mol. The Morgan fingerprint density at radius 1 is 0.769 bits per heavy atom. The van der Waals surface area contributed by atoms with Crippen LogP contribution in [0.15, 0.2) is 66.7 Å². The number of aromatic hydroxyl groups is 3. The standard InChI is InChI=1S/C28H28O11/c29-17-6-1-15(2-7-17)3-12-21(32)20-11-10-19(31)13-22(20)38-28-26(35)25(34)24(33)23(39-28)14-37-27(36)16-4-8-18(30)9-5-16/h1-2,4-11,13,23-26,28-31,33-35H,3,12,14H2. The van der Waals surface area contributed by atoms with E-state index in [2.05, 4.69) is 0 Å². The van der Waals surface area contributed by atoms with Gasteiger partial charge in [0.25, 0.3) is 0 Å². The fourth-order valence-electron chi connectivity index (χ4n) is 4.01. The number of Topliss-reactive ketones (excluding diaryl/α,β-unsaturated/α-hetero) is 1. The lowest BCUT2D eigenvalue weighted by Gasteiger charge is -2.40. The number of carbonyl (C=O) groups is 2. The van der Waals surface area contributed by atoms with E-state index < -0.39 is 43.3 Å². The van der Waals surface area contributed by atoms with Crippen LogP contribution in [0, 0.1) is 0 Å². The van der Waals surface area contributed by atoms with Crippen molar-refractivity contribution >= 4 is 11.8 Å². The highest BCUT2D eigenvalue weighted by Gasteiger charge is 2.45. The van der Waals surface area contributed by atoms with Crippen LogP contribution in [-0.2, 0) is 15.9 Å². The summed E-state index contributed by atoms with van der Waals surface area (Å²) in [6.07, 6.45) is -7.59. The van der Waals surface area contributed by atoms with Gasteiger partial charge in [-0.1, -0.05) is 12.1 Å². The molecule has 11 heteroatoms. The molecule has 0 radical (unpaired) electrons. The zero-order chi connectivity index (χ0) is 28.1. The Morgan fingerprint density at radius 3 is 2.05 bits per heavy atom. The zero-order valence-corrected chi connectivity index (χ0v) is 20.6. The Bertz CT molecular complexity index is 1290. The molecule has 0 bridgehead atoms. The normalized spacial score (nSPS) is 22.7. The number of carbonyl (C=O) groups excluding carboxylic acids is 2. The fraction of sp³-hybridized carbons (Fsp3) is 0.286. The number of rotatable bonds is 9. The Kier molecular flexibility index (Phi) is 8.67. The molecule has 1 aliphatic rings. The largest absolute Gasteiger partial charge is 0.508 e. The highest BCUT2D eigenvalue weighted by molar-refractivity contribution is 5.99. The van der Waals surface area contributed by atoms with Gasteiger partial charge in [0.2, 0.25) is 6.29 Å². The molecule has 0 aliphatic carbocycles. The maximum Gasteiger partial charge on any atom is 0.338 e. The molecule has 0 spiro atoms. The molecular formula is C28H28O11. The first-order valence-corrected chi connectivity index (χ1v) is 12.1. The monoisotopic (exact) mass is 540 g/mol. The van der Waals surface area contributed by atoms with Crippen LogP contribution in [-0.4, -0.2) is 79.7 Å². The number of benzene rings is 3. The van der Waals surface area contributed by atoms with E-state index in [0.29, 0.717) is 6.42 Å². The van der Waals surface area contributed by atoms with Crippen molar-refractivity contribution in [2.45, 2.75) is 43.5 Å². The molecule has 3 aromatic rings. The molecule has 206 valence electrons. The van der Waals surface area contributed by atoms with Crippen LogP contribution in [0.4, 0.5) is 0 Å². The number of hydrogen-bond acceptors (Lipinski definition) is 11. The second kappa shape index (κ2) is 12.1. The summed E-state index contributed by atoms with van der Waals surface area (Å²) in [5.41, 5.74) is 1.02. The van der Waals surface area contributed by atoms with Gasteiger partial charge in [0.05, 0.1) is 11.1 Å². The van der Waals surface area contributed by atoms with E-state index in [-0.39, 0.29) is 46.3 Å². The molecule has 6 N–H and O–H groups in total. The van der Waals surface area contributed by atoms with Gasteiger partial charge in [0.15, 0.2) is 5.78 Å². The number of phenols is 3. The zero-order valence-electron chi connectivity index (χ0n) is 20.6. The second-order valence-corrected chi connectivity index (χ2v) is 9.05. The van der Waals surface area contributed by atoms with E-state index in [1.807, 2.05) is 0 Å². The number of aryl methyl sites for hydroxylation is 1. The predicted octanol–water partition coefficient (Wildman–Crippen LogP) is 1.66. The van der Waals surface area contributed by atoms with E-state index in [1.165, 1.54) is 48.5 Å². The average Bonchev–Trinajstić information content (AvgIpc) is 2.92. The summed E-state index contributed by atoms with van der Waals surface area (Å²) in [5.74, 6) is -1.42. The molecule has 5 atom stereocenters. The van der Waals surface area contributed by atoms with Gasteiger partial charge in [-0.15, -0.1) is 0 Å². The summed E-state index contributed by atoms with van der Waals surface area (Å²) in [7, 11) is 0. The Morgan fingerprint density at radius 2 is 1.38 bits per heavy atom. The van der Waals surface area contributed by atoms with Crippen molar-refractivity contribution in [2.24, 2.45) is 0 Å². The molecule has 3 aromatic carbocycles.